The van der Waals surface area contributed by atoms with Gasteiger partial charge < -0.3 is 5.73 Å². The average Bonchev–Trinajstić information content (AvgIpc) is 2.39. The highest BCUT2D eigenvalue weighted by Gasteiger charge is 2.04. The molecule has 2 rings (SSSR count). The smallest absolute Gasteiger partial charge is 0.248 e. The van der Waals surface area contributed by atoms with Gasteiger partial charge in [-0.2, -0.15) is 0 Å². The van der Waals surface area contributed by atoms with Gasteiger partial charge in [0.25, 0.3) is 0 Å². The maximum absolute atomic E-state index is 11.1. The van der Waals surface area contributed by atoms with Crippen molar-refractivity contribution in [1.82, 2.24) is 0 Å². The van der Waals surface area contributed by atoms with E-state index >= 15 is 0 Å². The van der Waals surface area contributed by atoms with Crippen LogP contribution in [-0.4, -0.2) is 5.91 Å². The number of halogens is 1. The summed E-state index contributed by atoms with van der Waals surface area (Å²) in [5.74, 6) is -0.382. The zero-order chi connectivity index (χ0) is 13.8. The number of amides is 1. The SMILES string of the molecule is Cc1cc(C(N)=O)ccc1CCc1ccc(Cl)cc1. The first-order valence-corrected chi connectivity index (χ1v) is 6.58. The average molecular weight is 274 g/mol. The number of carbonyl (C=O) groups excluding carboxylic acids is 1. The third-order valence-corrected chi connectivity index (χ3v) is 3.48. The number of primary amides is 1. The summed E-state index contributed by atoms with van der Waals surface area (Å²) in [6.45, 7) is 2.00. The maximum atomic E-state index is 11.1. The first-order valence-electron chi connectivity index (χ1n) is 6.20. The van der Waals surface area contributed by atoms with Crippen LogP contribution in [0.2, 0.25) is 5.02 Å². The van der Waals surface area contributed by atoms with Crippen molar-refractivity contribution in [3.8, 4) is 0 Å². The van der Waals surface area contributed by atoms with Gasteiger partial charge in [0.2, 0.25) is 5.91 Å². The van der Waals surface area contributed by atoms with Crippen LogP contribution in [0.4, 0.5) is 0 Å². The molecule has 0 spiro atoms. The first-order chi connectivity index (χ1) is 9.06. The number of benzene rings is 2. The largest absolute Gasteiger partial charge is 0.366 e. The van der Waals surface area contributed by atoms with Crippen molar-refractivity contribution < 1.29 is 4.79 Å². The van der Waals surface area contributed by atoms with Gasteiger partial charge in [0.05, 0.1) is 0 Å². The molecule has 98 valence electrons. The third-order valence-electron chi connectivity index (χ3n) is 3.22. The quantitative estimate of drug-likeness (QED) is 0.910. The van der Waals surface area contributed by atoms with Crippen LogP contribution in [-0.2, 0) is 12.8 Å². The van der Waals surface area contributed by atoms with Gasteiger partial charge in [0.1, 0.15) is 0 Å². The molecule has 0 radical (unpaired) electrons. The fraction of sp³-hybridized carbons (Fsp3) is 0.188. The number of hydrogen-bond acceptors (Lipinski definition) is 1. The van der Waals surface area contributed by atoms with Gasteiger partial charge in [-0.1, -0.05) is 29.8 Å². The van der Waals surface area contributed by atoms with Gasteiger partial charge in [-0.05, 0) is 60.7 Å². The topological polar surface area (TPSA) is 43.1 Å². The lowest BCUT2D eigenvalue weighted by Gasteiger charge is -2.07. The standard InChI is InChI=1S/C16H16ClNO/c1-11-10-14(16(18)19)7-6-13(11)5-2-12-3-8-15(17)9-4-12/h3-4,6-10H,2,5H2,1H3,(H2,18,19). The zero-order valence-electron chi connectivity index (χ0n) is 10.8. The Kier molecular flexibility index (Phi) is 4.23. The van der Waals surface area contributed by atoms with Crippen molar-refractivity contribution in [1.29, 1.82) is 0 Å². The van der Waals surface area contributed by atoms with Gasteiger partial charge in [0, 0.05) is 10.6 Å². The minimum Gasteiger partial charge on any atom is -0.366 e. The fourth-order valence-electron chi connectivity index (χ4n) is 2.06. The molecule has 0 heterocycles. The molecule has 2 nitrogen and oxygen atoms in total. The van der Waals surface area contributed by atoms with Crippen LogP contribution < -0.4 is 5.73 Å². The summed E-state index contributed by atoms with van der Waals surface area (Å²) >= 11 is 5.86. The summed E-state index contributed by atoms with van der Waals surface area (Å²) in [7, 11) is 0. The summed E-state index contributed by atoms with van der Waals surface area (Å²) in [5, 5.41) is 0.755. The lowest BCUT2D eigenvalue weighted by atomic mass is 9.98. The Hall–Kier alpha value is -1.80. The highest BCUT2D eigenvalue weighted by atomic mass is 35.5. The van der Waals surface area contributed by atoms with E-state index in [1.807, 2.05) is 43.3 Å². The van der Waals surface area contributed by atoms with Crippen LogP contribution in [0.25, 0.3) is 0 Å². The number of nitrogens with two attached hydrogens (primary N) is 1. The molecule has 0 unspecified atom stereocenters. The van der Waals surface area contributed by atoms with E-state index in [0.29, 0.717) is 5.56 Å². The Bertz CT molecular complexity index is 590. The summed E-state index contributed by atoms with van der Waals surface area (Å²) in [6.07, 6.45) is 1.89. The molecule has 0 saturated carbocycles. The van der Waals surface area contributed by atoms with Crippen LogP contribution in [0.5, 0.6) is 0 Å². The molecular weight excluding hydrogens is 258 g/mol. The van der Waals surface area contributed by atoms with E-state index in [4.69, 9.17) is 17.3 Å². The minimum absolute atomic E-state index is 0.382. The molecule has 19 heavy (non-hydrogen) atoms. The van der Waals surface area contributed by atoms with Crippen LogP contribution in [0.15, 0.2) is 42.5 Å². The zero-order valence-corrected chi connectivity index (χ0v) is 11.6. The second-order valence-corrected chi connectivity index (χ2v) is 5.07. The first kappa shape index (κ1) is 13.6. The summed E-state index contributed by atoms with van der Waals surface area (Å²) in [5.41, 5.74) is 9.41. The van der Waals surface area contributed by atoms with E-state index < -0.39 is 0 Å². The van der Waals surface area contributed by atoms with E-state index in [-0.39, 0.29) is 5.91 Å². The predicted molar refractivity (Wildman–Crippen MR) is 78.6 cm³/mol. The Balaban J connectivity index is 2.07. The highest BCUT2D eigenvalue weighted by molar-refractivity contribution is 6.30. The predicted octanol–water partition coefficient (Wildman–Crippen LogP) is 3.53. The summed E-state index contributed by atoms with van der Waals surface area (Å²) in [4.78, 5) is 11.1. The van der Waals surface area contributed by atoms with E-state index in [9.17, 15) is 4.79 Å². The Morgan fingerprint density at radius 3 is 2.37 bits per heavy atom. The van der Waals surface area contributed by atoms with Crippen LogP contribution >= 0.6 is 11.6 Å². The molecule has 0 saturated heterocycles. The molecule has 0 aliphatic rings. The molecule has 0 bridgehead atoms. The summed E-state index contributed by atoms with van der Waals surface area (Å²) < 4.78 is 0. The normalized spacial score (nSPS) is 10.4. The van der Waals surface area contributed by atoms with Crippen LogP contribution in [0.3, 0.4) is 0 Å². The van der Waals surface area contributed by atoms with Crippen molar-refractivity contribution >= 4 is 17.5 Å². The maximum Gasteiger partial charge on any atom is 0.248 e. The number of carbonyl (C=O) groups is 1. The third kappa shape index (κ3) is 3.58. The molecule has 0 aliphatic heterocycles. The van der Waals surface area contributed by atoms with Crippen LogP contribution in [0, 0.1) is 6.92 Å². The van der Waals surface area contributed by atoms with Crippen LogP contribution in [0.1, 0.15) is 27.0 Å². The van der Waals surface area contributed by atoms with Crippen molar-refractivity contribution in [2.24, 2.45) is 5.73 Å². The van der Waals surface area contributed by atoms with Crippen molar-refractivity contribution in [3.63, 3.8) is 0 Å². The van der Waals surface area contributed by atoms with Gasteiger partial charge in [0.15, 0.2) is 0 Å². The van der Waals surface area contributed by atoms with E-state index in [1.165, 1.54) is 11.1 Å². The fourth-order valence-corrected chi connectivity index (χ4v) is 2.19. The Morgan fingerprint density at radius 2 is 1.79 bits per heavy atom. The Labute approximate surface area is 118 Å². The molecule has 0 aliphatic carbocycles. The summed E-state index contributed by atoms with van der Waals surface area (Å²) in [6, 6.07) is 13.5. The van der Waals surface area contributed by atoms with Gasteiger partial charge >= 0.3 is 0 Å². The van der Waals surface area contributed by atoms with E-state index in [2.05, 4.69) is 0 Å². The molecule has 1 amide bonds. The molecule has 2 aromatic rings. The molecule has 2 aromatic carbocycles. The molecular formula is C16H16ClNO. The second-order valence-electron chi connectivity index (χ2n) is 4.63. The van der Waals surface area contributed by atoms with E-state index in [1.54, 1.807) is 6.07 Å². The second kappa shape index (κ2) is 5.89. The molecule has 2 N–H and O–H groups in total. The van der Waals surface area contributed by atoms with Crippen molar-refractivity contribution in [2.45, 2.75) is 19.8 Å². The molecule has 0 atom stereocenters. The van der Waals surface area contributed by atoms with Gasteiger partial charge in [-0.25, -0.2) is 0 Å². The Morgan fingerprint density at radius 1 is 1.11 bits per heavy atom. The van der Waals surface area contributed by atoms with E-state index in [0.717, 1.165) is 23.4 Å². The van der Waals surface area contributed by atoms with Crippen molar-refractivity contribution in [2.75, 3.05) is 0 Å². The molecule has 3 heteroatoms. The van der Waals surface area contributed by atoms with Gasteiger partial charge in [-0.3, -0.25) is 4.79 Å². The highest BCUT2D eigenvalue weighted by Crippen LogP contribution is 2.15. The van der Waals surface area contributed by atoms with Crippen molar-refractivity contribution in [3.05, 3.63) is 69.7 Å². The van der Waals surface area contributed by atoms with Gasteiger partial charge in [-0.15, -0.1) is 0 Å². The lowest BCUT2D eigenvalue weighted by Crippen LogP contribution is -2.11. The number of aryl methyl sites for hydroxylation is 3. The lowest BCUT2D eigenvalue weighted by molar-refractivity contribution is 0.1000. The monoisotopic (exact) mass is 273 g/mol. The number of rotatable bonds is 4. The molecule has 0 aromatic heterocycles. The number of hydrogen-bond donors (Lipinski definition) is 1. The molecule has 0 fully saturated rings. The minimum atomic E-state index is -0.382.